The van der Waals surface area contributed by atoms with Gasteiger partial charge in [-0.05, 0) is 18.9 Å². The summed E-state index contributed by atoms with van der Waals surface area (Å²) < 4.78 is 25.0. The van der Waals surface area contributed by atoms with Crippen LogP contribution < -0.4 is 5.73 Å². The monoisotopic (exact) mass is 426 g/mol. The number of aromatic nitrogens is 3. The van der Waals surface area contributed by atoms with Crippen molar-refractivity contribution in [1.82, 2.24) is 19.5 Å². The van der Waals surface area contributed by atoms with Crippen molar-refractivity contribution in [3.8, 4) is 22.4 Å². The number of aliphatic imine (C=N–C) groups is 1. The fourth-order valence-corrected chi connectivity index (χ4v) is 6.07. The molecule has 2 N–H and O–H groups in total. The summed E-state index contributed by atoms with van der Waals surface area (Å²) in [6.45, 7) is 1.83. The summed E-state index contributed by atoms with van der Waals surface area (Å²) >= 11 is 7.78. The minimum absolute atomic E-state index is 0.153. The van der Waals surface area contributed by atoms with Crippen molar-refractivity contribution in [2.24, 2.45) is 10.7 Å². The maximum atomic E-state index is 12.8. The molecule has 0 aromatic carbocycles. The number of guanidine groups is 1. The Balaban J connectivity index is 1.74. The molecule has 3 aromatic heterocycles. The second-order valence-corrected chi connectivity index (χ2v) is 10.1. The highest BCUT2D eigenvalue weighted by Crippen LogP contribution is 2.44. The normalized spacial score (nSPS) is 25.6. The number of nitrogens with zero attached hydrogens (tertiary/aromatic N) is 5. The highest BCUT2D eigenvalue weighted by atomic mass is 35.5. The maximum Gasteiger partial charge on any atom is 0.285 e. The third kappa shape index (κ3) is 3.01. The quantitative estimate of drug-likeness (QED) is 0.636. The molecule has 0 aliphatic carbocycles. The predicted octanol–water partition coefficient (Wildman–Crippen LogP) is 2.21. The molecular weight excluding hydrogens is 412 g/mol. The molecule has 0 spiro atoms. The van der Waals surface area contributed by atoms with Crippen LogP contribution in [0.2, 0.25) is 5.02 Å². The Hall–Kier alpha value is -2.37. The zero-order valence-electron chi connectivity index (χ0n) is 14.4. The van der Waals surface area contributed by atoms with E-state index >= 15 is 0 Å². The second-order valence-electron chi connectivity index (χ2n) is 6.22. The molecule has 1 unspecified atom stereocenters. The first kappa shape index (κ1) is 18.0. The van der Waals surface area contributed by atoms with Gasteiger partial charge in [-0.15, -0.1) is 21.5 Å². The Morgan fingerprint density at radius 1 is 1.44 bits per heavy atom. The molecule has 0 radical (unpaired) electrons. The first-order valence-electron chi connectivity index (χ1n) is 7.66. The molecular formula is C15H15ClN6O3S2. The Morgan fingerprint density at radius 2 is 2.19 bits per heavy atom. The molecule has 0 fully saturated rings. The van der Waals surface area contributed by atoms with E-state index in [1.807, 2.05) is 6.92 Å². The van der Waals surface area contributed by atoms with Crippen LogP contribution in [-0.4, -0.2) is 48.3 Å². The van der Waals surface area contributed by atoms with Gasteiger partial charge in [0.05, 0.1) is 36.4 Å². The summed E-state index contributed by atoms with van der Waals surface area (Å²) in [5, 5.41) is 8.43. The van der Waals surface area contributed by atoms with Crippen LogP contribution in [0.4, 0.5) is 0 Å². The predicted molar refractivity (Wildman–Crippen MR) is 105 cm³/mol. The lowest BCUT2D eigenvalue weighted by Crippen LogP contribution is -2.50. The van der Waals surface area contributed by atoms with Gasteiger partial charge in [0.25, 0.3) is 11.8 Å². The van der Waals surface area contributed by atoms with Gasteiger partial charge in [-0.25, -0.2) is 14.2 Å². The maximum absolute atomic E-state index is 12.8. The van der Waals surface area contributed by atoms with Crippen molar-refractivity contribution < 1.29 is 13.0 Å². The lowest BCUT2D eigenvalue weighted by atomic mass is 10.0. The van der Waals surface area contributed by atoms with Gasteiger partial charge in [-0.1, -0.05) is 11.6 Å². The summed E-state index contributed by atoms with van der Waals surface area (Å²) in [5.41, 5.74) is 5.08. The molecule has 4 heterocycles. The van der Waals surface area contributed by atoms with Crippen molar-refractivity contribution in [3.05, 3.63) is 28.6 Å². The van der Waals surface area contributed by atoms with Gasteiger partial charge in [0.2, 0.25) is 11.7 Å². The Bertz CT molecular complexity index is 1130. The van der Waals surface area contributed by atoms with Gasteiger partial charge >= 0.3 is 0 Å². The van der Waals surface area contributed by atoms with E-state index in [2.05, 4.69) is 26.0 Å². The van der Waals surface area contributed by atoms with Gasteiger partial charge < -0.3 is 14.6 Å². The van der Waals surface area contributed by atoms with Crippen LogP contribution in [0.5, 0.6) is 0 Å². The van der Waals surface area contributed by atoms with Crippen LogP contribution in [0.1, 0.15) is 11.8 Å². The first-order chi connectivity index (χ1) is 12.7. The third-order valence-corrected chi connectivity index (χ3v) is 8.13. The van der Waals surface area contributed by atoms with E-state index in [1.165, 1.54) is 28.2 Å². The molecule has 4 rings (SSSR count). The van der Waals surface area contributed by atoms with Gasteiger partial charge in [0.15, 0.2) is 6.39 Å². The minimum atomic E-state index is -2.61. The molecule has 0 saturated carbocycles. The average molecular weight is 427 g/mol. The largest absolute Gasteiger partial charge is 0.438 e. The van der Waals surface area contributed by atoms with E-state index in [4.69, 9.17) is 26.2 Å². The minimum Gasteiger partial charge on any atom is -0.438 e. The summed E-state index contributed by atoms with van der Waals surface area (Å²) in [5.74, 6) is 5.00. The summed E-state index contributed by atoms with van der Waals surface area (Å²) in [7, 11) is -0.999. The molecule has 2 atom stereocenters. The van der Waals surface area contributed by atoms with E-state index in [0.29, 0.717) is 20.5 Å². The highest BCUT2D eigenvalue weighted by Gasteiger charge is 2.40. The topological polar surface area (TPSA) is 124 Å². The van der Waals surface area contributed by atoms with Gasteiger partial charge in [-0.2, -0.15) is 0 Å². The average Bonchev–Trinajstić information content (AvgIpc) is 3.31. The molecule has 0 bridgehead atoms. The summed E-state index contributed by atoms with van der Waals surface area (Å²) in [6, 6.07) is 1.71. The molecule has 1 aliphatic heterocycles. The Labute approximate surface area is 164 Å². The molecule has 0 saturated heterocycles. The Kier molecular flexibility index (Phi) is 4.05. The van der Waals surface area contributed by atoms with Crippen LogP contribution in [0.25, 0.3) is 22.4 Å². The van der Waals surface area contributed by atoms with Gasteiger partial charge in [0, 0.05) is 7.05 Å². The molecule has 142 valence electrons. The SMILES string of the molecule is C=S1(=O)C[C@@](C)(c2sc(-c3nnc(-c4cnco4)o3)cc2Cl)N=C(N)N1C. The molecule has 12 heteroatoms. The van der Waals surface area contributed by atoms with Gasteiger partial charge in [0.1, 0.15) is 5.54 Å². The second kappa shape index (κ2) is 6.08. The van der Waals surface area contributed by atoms with Crippen LogP contribution in [-0.2, 0) is 15.2 Å². The van der Waals surface area contributed by atoms with E-state index < -0.39 is 15.2 Å². The molecule has 9 nitrogen and oxygen atoms in total. The number of hydrogen-bond acceptors (Lipinski definition) is 9. The lowest BCUT2D eigenvalue weighted by molar-refractivity contribution is 0.520. The zero-order valence-corrected chi connectivity index (χ0v) is 16.8. The number of rotatable bonds is 3. The number of hydrogen-bond donors (Lipinski definition) is 1. The van der Waals surface area contributed by atoms with Crippen molar-refractivity contribution in [1.29, 1.82) is 0 Å². The smallest absolute Gasteiger partial charge is 0.285 e. The van der Waals surface area contributed by atoms with E-state index in [1.54, 1.807) is 13.1 Å². The molecule has 1 aliphatic rings. The standard InChI is InChI=1S/C15H15ClN6O3S2/c1-15(6-27(3,23)22(2)14(17)19-15)11-8(16)4-10(26-11)13-21-20-12(25-13)9-5-18-7-24-9/h4-5,7H,3,6H2,1-2H3,(H2,17,19)/t15-,27?/m0/s1. The fourth-order valence-electron chi connectivity index (χ4n) is 2.76. The van der Waals surface area contributed by atoms with Crippen molar-refractivity contribution >= 4 is 44.5 Å². The Morgan fingerprint density at radius 3 is 2.85 bits per heavy atom. The van der Waals surface area contributed by atoms with Crippen LogP contribution in [0, 0.1) is 0 Å². The molecule has 27 heavy (non-hydrogen) atoms. The number of oxazole rings is 1. The third-order valence-electron chi connectivity index (χ3n) is 4.14. The first-order valence-corrected chi connectivity index (χ1v) is 10.7. The van der Waals surface area contributed by atoms with Crippen molar-refractivity contribution in [3.63, 3.8) is 0 Å². The lowest BCUT2D eigenvalue weighted by Gasteiger charge is -2.36. The van der Waals surface area contributed by atoms with Crippen molar-refractivity contribution in [2.45, 2.75) is 12.5 Å². The fraction of sp³-hybridized carbons (Fsp3) is 0.267. The van der Waals surface area contributed by atoms with E-state index in [0.717, 1.165) is 0 Å². The van der Waals surface area contributed by atoms with Gasteiger partial charge in [-0.3, -0.25) is 4.31 Å². The summed E-state index contributed by atoms with van der Waals surface area (Å²) in [6.07, 6.45) is 2.75. The molecule has 3 aromatic rings. The number of halogens is 1. The number of nitrogens with two attached hydrogens (primary N) is 1. The highest BCUT2D eigenvalue weighted by molar-refractivity contribution is 7.98. The number of thiophene rings is 1. The van der Waals surface area contributed by atoms with E-state index in [9.17, 15) is 4.21 Å². The van der Waals surface area contributed by atoms with E-state index in [-0.39, 0.29) is 23.5 Å². The van der Waals surface area contributed by atoms with Crippen LogP contribution in [0.15, 0.2) is 32.5 Å². The van der Waals surface area contributed by atoms with Crippen LogP contribution >= 0.6 is 22.9 Å². The van der Waals surface area contributed by atoms with Crippen molar-refractivity contribution in [2.75, 3.05) is 12.8 Å². The summed E-state index contributed by atoms with van der Waals surface area (Å²) in [4.78, 5) is 9.68. The molecule has 0 amide bonds. The zero-order chi connectivity index (χ0) is 19.4. The van der Waals surface area contributed by atoms with Crippen LogP contribution in [0.3, 0.4) is 0 Å².